The molecule has 0 spiro atoms. The van der Waals surface area contributed by atoms with Crippen LogP contribution in [0, 0.1) is 0 Å². The van der Waals surface area contributed by atoms with Crippen LogP contribution in [-0.4, -0.2) is 122 Å². The summed E-state index contributed by atoms with van der Waals surface area (Å²) in [6.07, 6.45) is 0. The predicted octanol–water partition coefficient (Wildman–Crippen LogP) is 8.10. The van der Waals surface area contributed by atoms with Crippen LogP contribution in [0.1, 0.15) is 63.8 Å². The number of hydrogen-bond acceptors (Lipinski definition) is 13. The second kappa shape index (κ2) is 24.8. The zero-order valence-electron chi connectivity index (χ0n) is 36.5. The van der Waals surface area contributed by atoms with Gasteiger partial charge in [0.1, 0.15) is 23.0 Å². The van der Waals surface area contributed by atoms with Gasteiger partial charge in [0.25, 0.3) is 0 Å². The van der Waals surface area contributed by atoms with Gasteiger partial charge in [-0.2, -0.15) is 0 Å². The van der Waals surface area contributed by atoms with E-state index in [0.29, 0.717) is 102 Å². The van der Waals surface area contributed by atoms with Crippen LogP contribution in [-0.2, 0) is 61.9 Å². The summed E-state index contributed by atoms with van der Waals surface area (Å²) in [5.41, 5.74) is 5.42. The first-order valence-corrected chi connectivity index (χ1v) is 20.3. The van der Waals surface area contributed by atoms with Gasteiger partial charge in [-0.05, 0) is 46.2 Å². The Labute approximate surface area is 345 Å². The summed E-state index contributed by atoms with van der Waals surface area (Å²) in [4.78, 5) is 1.86. The van der Waals surface area contributed by atoms with E-state index in [9.17, 15) is 0 Å². The molecule has 1 aromatic heterocycles. The zero-order chi connectivity index (χ0) is 41.8. The molecule has 0 amide bonds. The van der Waals surface area contributed by atoms with Gasteiger partial charge >= 0.3 is 0 Å². The highest BCUT2D eigenvalue weighted by atomic mass is 32.1. The smallest absolute Gasteiger partial charge is 0.131 e. The minimum Gasteiger partial charge on any atom is -0.496 e. The Balaban J connectivity index is 2.14. The zero-order valence-corrected chi connectivity index (χ0v) is 37.3. The Kier molecular flexibility index (Phi) is 21.1. The van der Waals surface area contributed by atoms with Crippen LogP contribution in [0.5, 0.6) is 23.0 Å². The van der Waals surface area contributed by atoms with Gasteiger partial charge in [0.15, 0.2) is 0 Å². The fourth-order valence-electron chi connectivity index (χ4n) is 5.86. The number of ether oxygens (including phenoxy) is 12. The molecule has 322 valence electrons. The highest BCUT2D eigenvalue weighted by Gasteiger charge is 2.31. The van der Waals surface area contributed by atoms with E-state index in [2.05, 4.69) is 65.8 Å². The lowest BCUT2D eigenvalue weighted by atomic mass is 9.85. The first-order chi connectivity index (χ1) is 27.4. The van der Waals surface area contributed by atoms with Gasteiger partial charge in [-0.3, -0.25) is 0 Å². The molecule has 57 heavy (non-hydrogen) atoms. The maximum atomic E-state index is 6.39. The molecule has 0 unspecified atom stereocenters. The molecule has 0 radical (unpaired) electrons. The molecule has 0 aliphatic heterocycles. The molecular weight excluding hydrogens is 753 g/mol. The second-order valence-electron chi connectivity index (χ2n) is 15.3. The Hall–Kier alpha value is -2.98. The van der Waals surface area contributed by atoms with Crippen molar-refractivity contribution in [3.8, 4) is 43.9 Å². The monoisotopic (exact) mass is 820 g/mol. The van der Waals surface area contributed by atoms with Crippen molar-refractivity contribution in [3.63, 3.8) is 0 Å². The minimum atomic E-state index is -0.146. The molecule has 2 aromatic carbocycles. The van der Waals surface area contributed by atoms with Gasteiger partial charge in [-0.1, -0.05) is 41.5 Å². The second-order valence-corrected chi connectivity index (χ2v) is 16.3. The highest BCUT2D eigenvalue weighted by Crippen LogP contribution is 2.54. The fraction of sp³-hybridized carbons (Fsp3) is 0.636. The first kappa shape index (κ1) is 48.4. The summed E-state index contributed by atoms with van der Waals surface area (Å²) in [6, 6.07) is 8.37. The minimum absolute atomic E-state index is 0.146. The number of thiophene rings is 1. The van der Waals surface area contributed by atoms with Crippen LogP contribution in [0.3, 0.4) is 0 Å². The van der Waals surface area contributed by atoms with Crippen LogP contribution < -0.4 is 18.9 Å². The average Bonchev–Trinajstić information content (AvgIpc) is 3.53. The van der Waals surface area contributed by atoms with Crippen molar-refractivity contribution in [2.24, 2.45) is 0 Å². The number of hydrogen-bond donors (Lipinski definition) is 0. The average molecular weight is 821 g/mol. The van der Waals surface area contributed by atoms with Gasteiger partial charge in [-0.15, -0.1) is 11.3 Å². The number of benzene rings is 2. The van der Waals surface area contributed by atoms with Gasteiger partial charge in [0.2, 0.25) is 0 Å². The van der Waals surface area contributed by atoms with E-state index in [4.69, 9.17) is 56.8 Å². The standard InChI is InChI=1S/C44H68O12S/c1-43(2,3)31-25-35(47-9)39(36(26-31)48-10)41-33(29-55-23-21-53-19-17-51-15-13-45-7)34(30-56-24-22-54-20-18-52-16-14-46-8)42(57-41)40-37(49-11)27-32(44(4,5)6)28-38(40)50-12/h25-28H,13-24,29-30H2,1-12H3. The molecule has 0 fully saturated rings. The van der Waals surface area contributed by atoms with Crippen molar-refractivity contribution in [2.45, 2.75) is 65.6 Å². The van der Waals surface area contributed by atoms with Crippen molar-refractivity contribution in [3.05, 3.63) is 46.5 Å². The first-order valence-electron chi connectivity index (χ1n) is 19.5. The van der Waals surface area contributed by atoms with E-state index < -0.39 is 0 Å². The summed E-state index contributed by atoms with van der Waals surface area (Å²) in [7, 11) is 10.1. The van der Waals surface area contributed by atoms with Crippen LogP contribution in [0.15, 0.2) is 24.3 Å². The number of rotatable bonds is 28. The summed E-state index contributed by atoms with van der Waals surface area (Å²) >= 11 is 1.60. The molecular formula is C44H68O12S. The molecule has 0 aliphatic carbocycles. The lowest BCUT2D eigenvalue weighted by molar-refractivity contribution is -0.00150. The van der Waals surface area contributed by atoms with Crippen LogP contribution in [0.2, 0.25) is 0 Å². The SMILES string of the molecule is COCCOCCOCCOCc1c(-c2c(OC)cc(C(C)(C)C)cc2OC)sc(-c2c(OC)cc(C(C)(C)C)cc2OC)c1COCCOCCOCCOC. The molecule has 0 N–H and O–H groups in total. The summed E-state index contributed by atoms with van der Waals surface area (Å²) in [5, 5.41) is 0. The summed E-state index contributed by atoms with van der Waals surface area (Å²) in [5.74, 6) is 2.78. The molecule has 0 aliphatic rings. The van der Waals surface area contributed by atoms with Crippen molar-refractivity contribution in [2.75, 3.05) is 122 Å². The quantitative estimate of drug-likeness (QED) is 0.0661. The fourth-order valence-corrected chi connectivity index (χ4v) is 7.28. The van der Waals surface area contributed by atoms with Crippen LogP contribution in [0.25, 0.3) is 20.9 Å². The molecule has 13 heteroatoms. The van der Waals surface area contributed by atoms with E-state index in [0.717, 1.165) is 43.1 Å². The Morgan fingerprint density at radius 2 is 0.649 bits per heavy atom. The molecule has 3 rings (SSSR count). The molecule has 0 bridgehead atoms. The molecule has 0 atom stereocenters. The third-order valence-corrected chi connectivity index (χ3v) is 10.5. The molecule has 0 saturated carbocycles. The molecule has 3 aromatic rings. The van der Waals surface area contributed by atoms with E-state index in [1.54, 1.807) is 54.0 Å². The largest absolute Gasteiger partial charge is 0.496 e. The van der Waals surface area contributed by atoms with Crippen molar-refractivity contribution in [1.82, 2.24) is 0 Å². The Morgan fingerprint density at radius 3 is 0.895 bits per heavy atom. The van der Waals surface area contributed by atoms with E-state index in [-0.39, 0.29) is 24.0 Å². The van der Waals surface area contributed by atoms with Crippen LogP contribution >= 0.6 is 11.3 Å². The highest BCUT2D eigenvalue weighted by molar-refractivity contribution is 7.19. The Bertz CT molecular complexity index is 1440. The van der Waals surface area contributed by atoms with Crippen molar-refractivity contribution >= 4 is 11.3 Å². The van der Waals surface area contributed by atoms with Crippen molar-refractivity contribution in [1.29, 1.82) is 0 Å². The van der Waals surface area contributed by atoms with E-state index >= 15 is 0 Å². The number of methoxy groups -OCH3 is 6. The summed E-state index contributed by atoms with van der Waals surface area (Å²) in [6.45, 7) is 19.1. The van der Waals surface area contributed by atoms with Crippen LogP contribution in [0.4, 0.5) is 0 Å². The summed E-state index contributed by atoms with van der Waals surface area (Å²) < 4.78 is 70.1. The maximum Gasteiger partial charge on any atom is 0.131 e. The Morgan fingerprint density at radius 1 is 0.386 bits per heavy atom. The van der Waals surface area contributed by atoms with Gasteiger partial charge in [0.05, 0.1) is 132 Å². The van der Waals surface area contributed by atoms with Crippen molar-refractivity contribution < 1.29 is 56.8 Å². The molecule has 12 nitrogen and oxygen atoms in total. The molecule has 1 heterocycles. The third-order valence-electron chi connectivity index (χ3n) is 9.16. The topological polar surface area (TPSA) is 111 Å². The molecule has 0 saturated heterocycles. The van der Waals surface area contributed by atoms with E-state index in [1.807, 2.05) is 0 Å². The van der Waals surface area contributed by atoms with Gasteiger partial charge in [-0.25, -0.2) is 0 Å². The lowest BCUT2D eigenvalue weighted by Crippen LogP contribution is -2.13. The van der Waals surface area contributed by atoms with E-state index in [1.165, 1.54) is 0 Å². The normalized spacial score (nSPS) is 12.0. The lowest BCUT2D eigenvalue weighted by Gasteiger charge is -2.23. The maximum absolute atomic E-state index is 6.39. The van der Waals surface area contributed by atoms with Gasteiger partial charge in [0, 0.05) is 35.1 Å². The van der Waals surface area contributed by atoms with Gasteiger partial charge < -0.3 is 56.8 Å². The predicted molar refractivity (Wildman–Crippen MR) is 225 cm³/mol. The third kappa shape index (κ3) is 14.7.